The standard InChI is InChI=1S/C21H27N3O3S/c1-4-27-13-17(25)11-24(10-16-8-6-5-7-9-16)12-18-22-20(26)19-14(2)15(3)28-21(19)23-18/h5-9,17,25H,4,10-13H2,1-3H3,(H,22,23,26)/t17-/m0/s1. The molecule has 2 heterocycles. The summed E-state index contributed by atoms with van der Waals surface area (Å²) in [5, 5.41) is 11.0. The van der Waals surface area contributed by atoms with E-state index >= 15 is 0 Å². The first-order valence-corrected chi connectivity index (χ1v) is 10.3. The zero-order chi connectivity index (χ0) is 20.1. The molecule has 1 atom stereocenters. The zero-order valence-electron chi connectivity index (χ0n) is 16.6. The molecule has 7 heteroatoms. The number of thiophene rings is 1. The van der Waals surface area contributed by atoms with Crippen LogP contribution < -0.4 is 5.56 Å². The van der Waals surface area contributed by atoms with Crippen LogP contribution in [0.25, 0.3) is 10.2 Å². The number of hydrogen-bond acceptors (Lipinski definition) is 6. The topological polar surface area (TPSA) is 78.5 Å². The predicted molar refractivity (Wildman–Crippen MR) is 113 cm³/mol. The van der Waals surface area contributed by atoms with E-state index in [-0.39, 0.29) is 12.2 Å². The molecule has 1 aromatic carbocycles. The molecule has 6 nitrogen and oxygen atoms in total. The third-order valence-corrected chi connectivity index (χ3v) is 5.79. The van der Waals surface area contributed by atoms with Crippen LogP contribution in [0.15, 0.2) is 35.1 Å². The van der Waals surface area contributed by atoms with Crippen molar-refractivity contribution in [2.45, 2.75) is 40.0 Å². The molecule has 0 bridgehead atoms. The number of aromatic nitrogens is 2. The Balaban J connectivity index is 1.83. The van der Waals surface area contributed by atoms with Crippen molar-refractivity contribution in [1.29, 1.82) is 0 Å². The molecule has 0 saturated heterocycles. The maximum absolute atomic E-state index is 12.6. The van der Waals surface area contributed by atoms with E-state index in [1.807, 2.05) is 51.1 Å². The quantitative estimate of drug-likeness (QED) is 0.576. The van der Waals surface area contributed by atoms with E-state index in [9.17, 15) is 9.90 Å². The summed E-state index contributed by atoms with van der Waals surface area (Å²) in [6.07, 6.45) is -0.606. The smallest absolute Gasteiger partial charge is 0.259 e. The lowest BCUT2D eigenvalue weighted by atomic mass is 10.2. The molecule has 3 rings (SSSR count). The fourth-order valence-electron chi connectivity index (χ4n) is 3.22. The fraction of sp³-hybridized carbons (Fsp3) is 0.429. The van der Waals surface area contributed by atoms with E-state index in [0.717, 1.165) is 20.8 Å². The Labute approximate surface area is 168 Å². The average molecular weight is 402 g/mol. The highest BCUT2D eigenvalue weighted by Gasteiger charge is 2.17. The van der Waals surface area contributed by atoms with Crippen molar-refractivity contribution in [1.82, 2.24) is 14.9 Å². The van der Waals surface area contributed by atoms with E-state index < -0.39 is 6.10 Å². The van der Waals surface area contributed by atoms with E-state index in [1.165, 1.54) is 0 Å². The van der Waals surface area contributed by atoms with Crippen LogP contribution in [0.3, 0.4) is 0 Å². The number of aromatic amines is 1. The summed E-state index contributed by atoms with van der Waals surface area (Å²) in [5.41, 5.74) is 2.03. The normalized spacial score (nSPS) is 12.8. The monoisotopic (exact) mass is 401 g/mol. The second kappa shape index (κ2) is 9.43. The molecule has 3 aromatic rings. The van der Waals surface area contributed by atoms with Gasteiger partial charge in [0.15, 0.2) is 0 Å². The van der Waals surface area contributed by atoms with Gasteiger partial charge in [-0.1, -0.05) is 30.3 Å². The van der Waals surface area contributed by atoms with Crippen LogP contribution >= 0.6 is 11.3 Å². The molecular formula is C21H27N3O3S. The van der Waals surface area contributed by atoms with Crippen molar-refractivity contribution in [2.75, 3.05) is 19.8 Å². The third-order valence-electron chi connectivity index (χ3n) is 4.69. The van der Waals surface area contributed by atoms with Crippen molar-refractivity contribution >= 4 is 21.6 Å². The number of nitrogens with one attached hydrogen (secondary N) is 1. The number of aliphatic hydroxyl groups is 1. The Morgan fingerprint density at radius 1 is 1.25 bits per heavy atom. The number of H-pyrrole nitrogens is 1. The second-order valence-corrected chi connectivity index (χ2v) is 8.15. The van der Waals surface area contributed by atoms with Crippen molar-refractivity contribution in [2.24, 2.45) is 0 Å². The highest BCUT2D eigenvalue weighted by Crippen LogP contribution is 2.25. The van der Waals surface area contributed by atoms with Crippen molar-refractivity contribution in [3.63, 3.8) is 0 Å². The molecule has 0 unspecified atom stereocenters. The summed E-state index contributed by atoms with van der Waals surface area (Å²) in [7, 11) is 0. The van der Waals surface area contributed by atoms with E-state index in [1.54, 1.807) is 11.3 Å². The lowest BCUT2D eigenvalue weighted by Crippen LogP contribution is -2.35. The number of hydrogen-bond donors (Lipinski definition) is 2. The molecule has 0 saturated carbocycles. The first-order valence-electron chi connectivity index (χ1n) is 9.49. The second-order valence-electron chi connectivity index (χ2n) is 6.94. The zero-order valence-corrected chi connectivity index (χ0v) is 17.4. The van der Waals surface area contributed by atoms with E-state index in [4.69, 9.17) is 4.74 Å². The summed E-state index contributed by atoms with van der Waals surface area (Å²) in [6.45, 7) is 8.24. The molecule has 28 heavy (non-hydrogen) atoms. The van der Waals surface area contributed by atoms with Crippen LogP contribution in [-0.4, -0.2) is 45.8 Å². The van der Waals surface area contributed by atoms with Gasteiger partial charge in [-0.15, -0.1) is 11.3 Å². The van der Waals surface area contributed by atoms with Crippen molar-refractivity contribution < 1.29 is 9.84 Å². The largest absolute Gasteiger partial charge is 0.389 e. The average Bonchev–Trinajstić information content (AvgIpc) is 2.95. The molecule has 0 spiro atoms. The van der Waals surface area contributed by atoms with Crippen LogP contribution in [0.4, 0.5) is 0 Å². The number of nitrogens with zero attached hydrogens (tertiary/aromatic N) is 2. The van der Waals surface area contributed by atoms with Gasteiger partial charge < -0.3 is 14.8 Å². The van der Waals surface area contributed by atoms with Crippen LogP contribution in [0.5, 0.6) is 0 Å². The van der Waals surface area contributed by atoms with Crippen LogP contribution in [0, 0.1) is 13.8 Å². The predicted octanol–water partition coefficient (Wildman–Crippen LogP) is 3.00. The lowest BCUT2D eigenvalue weighted by molar-refractivity contribution is 0.0175. The maximum atomic E-state index is 12.6. The summed E-state index contributed by atoms with van der Waals surface area (Å²) < 4.78 is 5.34. The highest BCUT2D eigenvalue weighted by molar-refractivity contribution is 7.18. The molecule has 0 aliphatic rings. The van der Waals surface area contributed by atoms with Gasteiger partial charge in [0.25, 0.3) is 5.56 Å². The summed E-state index contributed by atoms with van der Waals surface area (Å²) in [5.74, 6) is 0.610. The summed E-state index contributed by atoms with van der Waals surface area (Å²) >= 11 is 1.54. The van der Waals surface area contributed by atoms with Gasteiger partial charge in [-0.25, -0.2) is 4.98 Å². The van der Waals surface area contributed by atoms with Crippen molar-refractivity contribution in [3.05, 3.63) is 62.5 Å². The Bertz CT molecular complexity index is 968. The number of aliphatic hydroxyl groups excluding tert-OH is 1. The minimum Gasteiger partial charge on any atom is -0.389 e. The van der Waals surface area contributed by atoms with Gasteiger partial charge in [0.1, 0.15) is 10.7 Å². The Morgan fingerprint density at radius 2 is 2.00 bits per heavy atom. The molecule has 0 fully saturated rings. The first kappa shape index (κ1) is 20.7. The van der Waals surface area contributed by atoms with Gasteiger partial charge in [-0.2, -0.15) is 0 Å². The molecule has 0 amide bonds. The fourth-order valence-corrected chi connectivity index (χ4v) is 4.27. The molecule has 2 N–H and O–H groups in total. The summed E-state index contributed by atoms with van der Waals surface area (Å²) in [6, 6.07) is 10.1. The Hall–Kier alpha value is -2.06. The minimum atomic E-state index is -0.606. The number of rotatable bonds is 9. The Morgan fingerprint density at radius 3 is 2.71 bits per heavy atom. The lowest BCUT2D eigenvalue weighted by Gasteiger charge is -2.24. The molecule has 0 aliphatic carbocycles. The van der Waals surface area contributed by atoms with Crippen molar-refractivity contribution in [3.8, 4) is 0 Å². The Kier molecular flexibility index (Phi) is 6.96. The van der Waals surface area contributed by atoms with Gasteiger partial charge in [-0.05, 0) is 31.9 Å². The molecule has 0 aliphatic heterocycles. The number of ether oxygens (including phenoxy) is 1. The van der Waals surface area contributed by atoms with Gasteiger partial charge in [0, 0.05) is 24.6 Å². The first-order chi connectivity index (χ1) is 13.5. The number of aryl methyl sites for hydroxylation is 2. The number of benzene rings is 1. The third kappa shape index (κ3) is 5.05. The van der Waals surface area contributed by atoms with Gasteiger partial charge in [-0.3, -0.25) is 9.69 Å². The van der Waals surface area contributed by atoms with Crippen LogP contribution in [-0.2, 0) is 17.8 Å². The molecule has 150 valence electrons. The molecular weight excluding hydrogens is 374 g/mol. The maximum Gasteiger partial charge on any atom is 0.259 e. The van der Waals surface area contributed by atoms with Gasteiger partial charge >= 0.3 is 0 Å². The van der Waals surface area contributed by atoms with Gasteiger partial charge in [0.2, 0.25) is 0 Å². The van der Waals surface area contributed by atoms with Gasteiger partial charge in [0.05, 0.1) is 24.6 Å². The summed E-state index contributed by atoms with van der Waals surface area (Å²) in [4.78, 5) is 24.1. The number of fused-ring (bicyclic) bond motifs is 1. The minimum absolute atomic E-state index is 0.101. The SMILES string of the molecule is CCOC[C@@H](O)CN(Cc1ccccc1)Cc1nc2sc(C)c(C)c2c(=O)[nH]1. The van der Waals surface area contributed by atoms with Crippen LogP contribution in [0.2, 0.25) is 0 Å². The molecule has 0 radical (unpaired) electrons. The van der Waals surface area contributed by atoms with Crippen LogP contribution in [0.1, 0.15) is 28.8 Å². The highest BCUT2D eigenvalue weighted by atomic mass is 32.1. The molecule has 2 aromatic heterocycles. The van der Waals surface area contributed by atoms with E-state index in [2.05, 4.69) is 14.9 Å². The van der Waals surface area contributed by atoms with E-state index in [0.29, 0.717) is 37.5 Å².